The van der Waals surface area contributed by atoms with Crippen LogP contribution in [-0.2, 0) is 11.3 Å². The third-order valence-corrected chi connectivity index (χ3v) is 5.19. The Morgan fingerprint density at radius 2 is 2.12 bits per heavy atom. The van der Waals surface area contributed by atoms with Crippen molar-refractivity contribution in [3.63, 3.8) is 0 Å². The van der Waals surface area contributed by atoms with Crippen molar-refractivity contribution in [3.05, 3.63) is 45.7 Å². The van der Waals surface area contributed by atoms with Gasteiger partial charge < -0.3 is 5.32 Å². The van der Waals surface area contributed by atoms with Crippen LogP contribution in [0.25, 0.3) is 10.9 Å². The van der Waals surface area contributed by atoms with Crippen molar-refractivity contribution < 1.29 is 4.79 Å². The molecule has 3 aromatic rings. The summed E-state index contributed by atoms with van der Waals surface area (Å²) < 4.78 is 1.59. The Hall–Kier alpha value is -2.19. The van der Waals surface area contributed by atoms with Gasteiger partial charge in [-0.2, -0.15) is 0 Å². The molecule has 0 saturated carbocycles. The fraction of sp³-hybridized carbons (Fsp3) is 0.250. The zero-order valence-corrected chi connectivity index (χ0v) is 14.9. The summed E-state index contributed by atoms with van der Waals surface area (Å²) >= 11 is 2.64. The monoisotopic (exact) mass is 360 g/mol. The second-order valence-corrected chi connectivity index (χ2v) is 6.89. The van der Waals surface area contributed by atoms with Gasteiger partial charge >= 0.3 is 0 Å². The van der Waals surface area contributed by atoms with Crippen LogP contribution in [0.1, 0.15) is 12.6 Å². The number of amides is 1. The first kappa shape index (κ1) is 16.7. The van der Waals surface area contributed by atoms with Crippen molar-refractivity contribution in [2.24, 2.45) is 0 Å². The molecule has 0 saturated heterocycles. The zero-order chi connectivity index (χ0) is 17.1. The van der Waals surface area contributed by atoms with Crippen LogP contribution >= 0.6 is 23.1 Å². The molecule has 1 N–H and O–H groups in total. The van der Waals surface area contributed by atoms with Crippen molar-refractivity contribution in [1.29, 1.82) is 0 Å². The second kappa shape index (κ2) is 7.14. The molecule has 1 aromatic carbocycles. The summed E-state index contributed by atoms with van der Waals surface area (Å²) in [7, 11) is 0. The molecule has 24 heavy (non-hydrogen) atoms. The van der Waals surface area contributed by atoms with E-state index in [0.717, 1.165) is 5.69 Å². The van der Waals surface area contributed by atoms with Gasteiger partial charge in [-0.05, 0) is 26.0 Å². The lowest BCUT2D eigenvalue weighted by Gasteiger charge is -2.10. The van der Waals surface area contributed by atoms with Crippen LogP contribution in [0.3, 0.4) is 0 Å². The molecule has 0 aliphatic rings. The van der Waals surface area contributed by atoms with Crippen LogP contribution in [0, 0.1) is 6.92 Å². The molecule has 0 aliphatic carbocycles. The van der Waals surface area contributed by atoms with Gasteiger partial charge in [0.1, 0.15) is 0 Å². The quantitative estimate of drug-likeness (QED) is 0.559. The van der Waals surface area contributed by atoms with Gasteiger partial charge in [-0.25, -0.2) is 9.97 Å². The van der Waals surface area contributed by atoms with E-state index < -0.39 is 0 Å². The van der Waals surface area contributed by atoms with Gasteiger partial charge in [0, 0.05) is 11.9 Å². The fourth-order valence-electron chi connectivity index (χ4n) is 2.23. The smallest absolute Gasteiger partial charge is 0.262 e. The minimum absolute atomic E-state index is 0.0819. The van der Waals surface area contributed by atoms with Gasteiger partial charge in [-0.1, -0.05) is 23.9 Å². The minimum Gasteiger partial charge on any atom is -0.301 e. The highest BCUT2D eigenvalue weighted by molar-refractivity contribution is 7.99. The number of benzene rings is 1. The number of nitrogens with one attached hydrogen (secondary N) is 1. The van der Waals surface area contributed by atoms with E-state index in [0.29, 0.717) is 27.7 Å². The Bertz CT molecular complexity index is 949. The Kier molecular flexibility index (Phi) is 4.96. The van der Waals surface area contributed by atoms with Gasteiger partial charge in [0.2, 0.25) is 5.91 Å². The molecule has 124 valence electrons. The average Bonchev–Trinajstić information content (AvgIpc) is 2.98. The molecule has 0 radical (unpaired) electrons. The van der Waals surface area contributed by atoms with Crippen molar-refractivity contribution in [3.8, 4) is 0 Å². The number of hydrogen-bond donors (Lipinski definition) is 1. The third kappa shape index (κ3) is 3.49. The first-order valence-corrected chi connectivity index (χ1v) is 9.29. The second-order valence-electron chi connectivity index (χ2n) is 5.09. The Morgan fingerprint density at radius 3 is 2.83 bits per heavy atom. The van der Waals surface area contributed by atoms with Crippen molar-refractivity contribution in [2.45, 2.75) is 25.5 Å². The Labute approximate surface area is 147 Å². The summed E-state index contributed by atoms with van der Waals surface area (Å²) in [5, 5.41) is 6.35. The summed E-state index contributed by atoms with van der Waals surface area (Å²) in [5.41, 5.74) is 1.44. The van der Waals surface area contributed by atoms with Crippen molar-refractivity contribution in [1.82, 2.24) is 14.5 Å². The SMILES string of the molecule is CCn1c(SCC(=O)Nc2nc(C)cs2)nc2ccccc2c1=O. The number of thioether (sulfide) groups is 1. The van der Waals surface area contributed by atoms with E-state index >= 15 is 0 Å². The van der Waals surface area contributed by atoms with E-state index in [2.05, 4.69) is 15.3 Å². The number of nitrogens with zero attached hydrogens (tertiary/aromatic N) is 3. The molecule has 0 fully saturated rings. The van der Waals surface area contributed by atoms with Crippen molar-refractivity contribution in [2.75, 3.05) is 11.1 Å². The van der Waals surface area contributed by atoms with Crippen LogP contribution in [0.4, 0.5) is 5.13 Å². The molecule has 0 aliphatic heterocycles. The first-order chi connectivity index (χ1) is 11.6. The number of thiazole rings is 1. The number of aryl methyl sites for hydroxylation is 1. The fourth-order valence-corrected chi connectivity index (χ4v) is 3.80. The van der Waals surface area contributed by atoms with E-state index in [9.17, 15) is 9.59 Å². The molecular weight excluding hydrogens is 344 g/mol. The minimum atomic E-state index is -0.167. The summed E-state index contributed by atoms with van der Waals surface area (Å²) in [6, 6.07) is 7.24. The van der Waals surface area contributed by atoms with Gasteiger partial charge in [0.15, 0.2) is 10.3 Å². The number of fused-ring (bicyclic) bond motifs is 1. The molecule has 8 heteroatoms. The Morgan fingerprint density at radius 1 is 1.33 bits per heavy atom. The molecule has 2 heterocycles. The number of anilines is 1. The highest BCUT2D eigenvalue weighted by Gasteiger charge is 2.12. The normalized spacial score (nSPS) is 10.9. The van der Waals surface area contributed by atoms with E-state index in [4.69, 9.17) is 0 Å². The highest BCUT2D eigenvalue weighted by atomic mass is 32.2. The summed E-state index contributed by atoms with van der Waals surface area (Å²) in [4.78, 5) is 33.3. The molecule has 1 amide bonds. The van der Waals surface area contributed by atoms with E-state index in [1.807, 2.05) is 31.4 Å². The largest absolute Gasteiger partial charge is 0.301 e. The maximum Gasteiger partial charge on any atom is 0.262 e. The maximum atomic E-state index is 12.5. The number of carbonyl (C=O) groups is 1. The van der Waals surface area contributed by atoms with Crippen LogP contribution in [-0.4, -0.2) is 26.2 Å². The average molecular weight is 360 g/mol. The molecule has 6 nitrogen and oxygen atoms in total. The summed E-state index contributed by atoms with van der Waals surface area (Å²) in [5.74, 6) is 0.00284. The zero-order valence-electron chi connectivity index (χ0n) is 13.3. The van der Waals surface area contributed by atoms with Gasteiger partial charge in [0.25, 0.3) is 5.56 Å². The van der Waals surface area contributed by atoms with Gasteiger partial charge in [-0.3, -0.25) is 14.2 Å². The van der Waals surface area contributed by atoms with Gasteiger partial charge in [0.05, 0.1) is 22.3 Å². The topological polar surface area (TPSA) is 76.9 Å². The van der Waals surface area contributed by atoms with E-state index in [1.165, 1.54) is 23.1 Å². The maximum absolute atomic E-state index is 12.5. The molecular formula is C16H16N4O2S2. The lowest BCUT2D eigenvalue weighted by atomic mass is 10.2. The van der Waals surface area contributed by atoms with Crippen LogP contribution < -0.4 is 10.9 Å². The predicted molar refractivity (Wildman–Crippen MR) is 97.9 cm³/mol. The van der Waals surface area contributed by atoms with Crippen LogP contribution in [0.2, 0.25) is 0 Å². The van der Waals surface area contributed by atoms with E-state index in [-0.39, 0.29) is 17.2 Å². The third-order valence-electron chi connectivity index (χ3n) is 3.34. The highest BCUT2D eigenvalue weighted by Crippen LogP contribution is 2.19. The number of aromatic nitrogens is 3. The standard InChI is InChI=1S/C16H16N4O2S2/c1-3-20-14(22)11-6-4-5-7-12(11)18-16(20)24-9-13(21)19-15-17-10(2)8-23-15/h4-8H,3,9H2,1-2H3,(H,17,19,21). The molecule has 0 unspecified atom stereocenters. The number of rotatable bonds is 5. The lowest BCUT2D eigenvalue weighted by molar-refractivity contribution is -0.113. The first-order valence-electron chi connectivity index (χ1n) is 7.43. The molecule has 0 bridgehead atoms. The summed E-state index contributed by atoms with van der Waals surface area (Å²) in [6.07, 6.45) is 0. The van der Waals surface area contributed by atoms with Crippen LogP contribution in [0.5, 0.6) is 0 Å². The molecule has 2 aromatic heterocycles. The lowest BCUT2D eigenvalue weighted by Crippen LogP contribution is -2.23. The summed E-state index contributed by atoms with van der Waals surface area (Å²) in [6.45, 7) is 4.27. The number of hydrogen-bond acceptors (Lipinski definition) is 6. The van der Waals surface area contributed by atoms with Crippen molar-refractivity contribution >= 4 is 45.0 Å². The Balaban J connectivity index is 1.79. The van der Waals surface area contributed by atoms with Gasteiger partial charge in [-0.15, -0.1) is 11.3 Å². The predicted octanol–water partition coefficient (Wildman–Crippen LogP) is 2.91. The number of carbonyl (C=O) groups excluding carboxylic acids is 1. The molecule has 0 spiro atoms. The van der Waals surface area contributed by atoms with Crippen LogP contribution in [0.15, 0.2) is 39.6 Å². The molecule has 0 atom stereocenters. The molecule has 3 rings (SSSR count). The van der Waals surface area contributed by atoms with E-state index in [1.54, 1.807) is 16.7 Å². The number of para-hydroxylation sites is 1.